The number of halogens is 1. The van der Waals surface area contributed by atoms with E-state index >= 15 is 0 Å². The van der Waals surface area contributed by atoms with E-state index in [0.29, 0.717) is 53.4 Å². The van der Waals surface area contributed by atoms with Crippen LogP contribution in [0.3, 0.4) is 0 Å². The lowest BCUT2D eigenvalue weighted by Crippen LogP contribution is -2.51. The van der Waals surface area contributed by atoms with Crippen LogP contribution >= 0.6 is 23.9 Å². The van der Waals surface area contributed by atoms with E-state index in [2.05, 4.69) is 32.4 Å². The molecular formula is C33H43FN6O3S2. The van der Waals surface area contributed by atoms with Crippen LogP contribution in [0.1, 0.15) is 73.5 Å². The molecule has 2 aromatic heterocycles. The van der Waals surface area contributed by atoms with Crippen LogP contribution in [0.5, 0.6) is 5.88 Å². The zero-order valence-electron chi connectivity index (χ0n) is 26.4. The first kappa shape index (κ1) is 33.3. The van der Waals surface area contributed by atoms with Crippen molar-refractivity contribution in [1.82, 2.24) is 25.1 Å². The van der Waals surface area contributed by atoms with Gasteiger partial charge in [-0.2, -0.15) is 3.89 Å². The lowest BCUT2D eigenvalue weighted by molar-refractivity contribution is -0.113. The second-order valence-electron chi connectivity index (χ2n) is 11.9. The van der Waals surface area contributed by atoms with Crippen molar-refractivity contribution < 1.29 is 18.2 Å². The quantitative estimate of drug-likeness (QED) is 0.245. The summed E-state index contributed by atoms with van der Waals surface area (Å²) in [7, 11) is 1.92. The number of anilines is 1. The lowest BCUT2D eigenvalue weighted by atomic mass is 9.75. The van der Waals surface area contributed by atoms with E-state index in [0.717, 1.165) is 34.9 Å². The highest BCUT2D eigenvalue weighted by molar-refractivity contribution is 8.11. The number of aromatic nitrogens is 2. The smallest absolute Gasteiger partial charge is 0.254 e. The molecule has 5 rings (SSSR count). The number of pyridine rings is 2. The van der Waals surface area contributed by atoms with Gasteiger partial charge in [0.05, 0.1) is 28.3 Å². The number of carbonyl (C=O) groups excluding carboxylic acids is 2. The molecule has 4 heterocycles. The molecule has 2 aliphatic heterocycles. The van der Waals surface area contributed by atoms with Crippen LogP contribution in [0, 0.1) is 6.92 Å². The Morgan fingerprint density at radius 3 is 2.78 bits per heavy atom. The van der Waals surface area contributed by atoms with Gasteiger partial charge in [0.15, 0.2) is 0 Å². The standard InChI is InChI=1S/C33H43FN6O3S2/c1-4-8-28-26(21-39(3)22-29(45-28)25-9-5-13-36-32(25)43-17-18-44-34)31(42)38-27-19-24(20-37-23(27)2)30(41)35-14-16-40-15-7-12-33(40)10-6-11-33/h5,9,13,19-20,22H,4,6-8,10-12,14-18,21H2,1-3H3,(H,35,41)(H,38,42). The van der Waals surface area contributed by atoms with Crippen LogP contribution in [0.2, 0.25) is 0 Å². The van der Waals surface area contributed by atoms with Crippen LogP contribution in [0.4, 0.5) is 9.57 Å². The third-order valence-electron chi connectivity index (χ3n) is 8.79. The second-order valence-corrected chi connectivity index (χ2v) is 13.7. The van der Waals surface area contributed by atoms with Gasteiger partial charge < -0.3 is 20.3 Å². The van der Waals surface area contributed by atoms with Gasteiger partial charge in [-0.3, -0.25) is 19.5 Å². The van der Waals surface area contributed by atoms with Crippen molar-refractivity contribution in [1.29, 1.82) is 0 Å². The predicted molar refractivity (Wildman–Crippen MR) is 181 cm³/mol. The Labute approximate surface area is 274 Å². The van der Waals surface area contributed by atoms with Crippen molar-refractivity contribution in [3.05, 3.63) is 64.1 Å². The summed E-state index contributed by atoms with van der Waals surface area (Å²) in [5, 5.41) is 6.11. The molecule has 0 bridgehead atoms. The van der Waals surface area contributed by atoms with Crippen molar-refractivity contribution in [2.45, 2.75) is 64.3 Å². The third-order valence-corrected chi connectivity index (χ3v) is 10.4. The zero-order valence-corrected chi connectivity index (χ0v) is 28.0. The number of likely N-dealkylation sites (tertiary alicyclic amines) is 1. The van der Waals surface area contributed by atoms with E-state index in [1.165, 1.54) is 43.9 Å². The largest absolute Gasteiger partial charge is 0.476 e. The molecule has 0 atom stereocenters. The Morgan fingerprint density at radius 1 is 1.20 bits per heavy atom. The minimum Gasteiger partial charge on any atom is -0.476 e. The fraction of sp³-hybridized carbons (Fsp3) is 0.515. The normalized spacial score (nSPS) is 18.0. The summed E-state index contributed by atoms with van der Waals surface area (Å²) < 4.78 is 18.4. The van der Waals surface area contributed by atoms with Crippen LogP contribution in [-0.4, -0.2) is 82.7 Å². The average Bonchev–Trinajstić information content (AvgIpc) is 3.38. The van der Waals surface area contributed by atoms with Gasteiger partial charge >= 0.3 is 0 Å². The molecule has 1 spiro atoms. The minimum absolute atomic E-state index is 0.191. The predicted octanol–water partition coefficient (Wildman–Crippen LogP) is 6.20. The molecule has 1 aliphatic carbocycles. The third kappa shape index (κ3) is 8.01. The molecule has 0 aromatic carbocycles. The van der Waals surface area contributed by atoms with Crippen LogP contribution in [0.25, 0.3) is 4.91 Å². The van der Waals surface area contributed by atoms with Crippen LogP contribution in [0.15, 0.2) is 47.3 Å². The number of aryl methyl sites for hydroxylation is 1. The summed E-state index contributed by atoms with van der Waals surface area (Å²) in [6.07, 6.45) is 13.1. The van der Waals surface area contributed by atoms with Gasteiger partial charge in [0.1, 0.15) is 6.61 Å². The topological polar surface area (TPSA) is 99.7 Å². The fourth-order valence-corrected chi connectivity index (χ4v) is 7.80. The van der Waals surface area contributed by atoms with Gasteiger partial charge in [-0.1, -0.05) is 25.1 Å². The molecule has 9 nitrogen and oxygen atoms in total. The highest BCUT2D eigenvalue weighted by atomic mass is 32.2. The lowest BCUT2D eigenvalue weighted by Gasteiger charge is -2.46. The van der Waals surface area contributed by atoms with Gasteiger partial charge in [-0.05, 0) is 70.2 Å². The summed E-state index contributed by atoms with van der Waals surface area (Å²) in [6, 6.07) is 5.48. The van der Waals surface area contributed by atoms with Crippen LogP contribution < -0.4 is 15.4 Å². The van der Waals surface area contributed by atoms with Crippen molar-refractivity contribution in [3.63, 3.8) is 0 Å². The maximum atomic E-state index is 13.8. The van der Waals surface area contributed by atoms with E-state index < -0.39 is 0 Å². The van der Waals surface area contributed by atoms with Crippen LogP contribution in [-0.2, 0) is 4.79 Å². The molecule has 3 aliphatic rings. The monoisotopic (exact) mass is 654 g/mol. The molecule has 1 saturated carbocycles. The molecular weight excluding hydrogens is 612 g/mol. The number of ether oxygens (including phenoxy) is 1. The Morgan fingerprint density at radius 2 is 2.02 bits per heavy atom. The number of allylic oxidation sites excluding steroid dienone is 1. The zero-order chi connectivity index (χ0) is 31.8. The van der Waals surface area contributed by atoms with Gasteiger partial charge in [0.2, 0.25) is 5.88 Å². The van der Waals surface area contributed by atoms with E-state index in [1.807, 2.05) is 37.2 Å². The van der Waals surface area contributed by atoms with Gasteiger partial charge in [-0.25, -0.2) is 4.98 Å². The van der Waals surface area contributed by atoms with E-state index in [4.69, 9.17) is 4.74 Å². The molecule has 1 saturated heterocycles. The molecule has 0 unspecified atom stereocenters. The first-order chi connectivity index (χ1) is 21.8. The van der Waals surface area contributed by atoms with Gasteiger partial charge in [-0.15, -0.1) is 0 Å². The number of amides is 2. The maximum absolute atomic E-state index is 13.8. The summed E-state index contributed by atoms with van der Waals surface area (Å²) in [5.41, 5.74) is 3.40. The number of thioether (sulfide) groups is 1. The maximum Gasteiger partial charge on any atom is 0.254 e. The molecule has 2 N–H and O–H groups in total. The summed E-state index contributed by atoms with van der Waals surface area (Å²) in [4.78, 5) is 42.1. The highest BCUT2D eigenvalue weighted by Crippen LogP contribution is 2.45. The number of likely N-dealkylation sites (N-methyl/N-ethyl adjacent to an activating group) is 1. The molecule has 2 amide bonds. The number of nitrogens with zero attached hydrogens (tertiary/aromatic N) is 4. The number of rotatable bonds is 13. The van der Waals surface area contributed by atoms with Gasteiger partial charge in [0, 0.05) is 78.3 Å². The van der Waals surface area contributed by atoms with Crippen molar-refractivity contribution >= 4 is 46.3 Å². The van der Waals surface area contributed by atoms with E-state index in [1.54, 1.807) is 18.5 Å². The number of nitrogens with one attached hydrogen (secondary N) is 2. The second kappa shape index (κ2) is 15.5. The Hall–Kier alpha value is -3.09. The number of hydrogen-bond acceptors (Lipinski definition) is 9. The molecule has 0 radical (unpaired) electrons. The molecule has 12 heteroatoms. The highest BCUT2D eigenvalue weighted by Gasteiger charge is 2.44. The van der Waals surface area contributed by atoms with Crippen molar-refractivity contribution in [2.75, 3.05) is 50.9 Å². The first-order valence-corrected chi connectivity index (χ1v) is 17.5. The molecule has 2 fully saturated rings. The summed E-state index contributed by atoms with van der Waals surface area (Å²) in [6.45, 7) is 7.05. The number of hydrogen-bond donors (Lipinski definition) is 2. The average molecular weight is 655 g/mol. The summed E-state index contributed by atoms with van der Waals surface area (Å²) in [5.74, 6) is 0.229. The molecule has 242 valence electrons. The minimum atomic E-state index is -0.225. The fourth-order valence-electron chi connectivity index (χ4n) is 6.30. The SMILES string of the molecule is CCCC1=C(C(=O)Nc2cc(C(=O)NCCN3CCCC34CCC4)cnc2C)CN(C)C=C(c2cccnc2OCCSF)S1. The van der Waals surface area contributed by atoms with Crippen molar-refractivity contribution in [3.8, 4) is 5.88 Å². The Kier molecular flexibility index (Phi) is 11.4. The first-order valence-electron chi connectivity index (χ1n) is 15.8. The molecule has 2 aromatic rings. The van der Waals surface area contributed by atoms with Gasteiger partial charge in [0.25, 0.3) is 11.8 Å². The van der Waals surface area contributed by atoms with E-state index in [-0.39, 0.29) is 36.3 Å². The Bertz CT molecular complexity index is 1450. The van der Waals surface area contributed by atoms with E-state index in [9.17, 15) is 13.5 Å². The Balaban J connectivity index is 1.28. The molecule has 45 heavy (non-hydrogen) atoms. The number of carbonyl (C=O) groups is 2. The van der Waals surface area contributed by atoms with Crippen molar-refractivity contribution in [2.24, 2.45) is 0 Å². The summed E-state index contributed by atoms with van der Waals surface area (Å²) >= 11 is 1.76.